The van der Waals surface area contributed by atoms with Crippen LogP contribution in [0.4, 0.5) is 17.6 Å². The van der Waals surface area contributed by atoms with Crippen molar-refractivity contribution in [3.63, 3.8) is 0 Å². The van der Waals surface area contributed by atoms with Crippen LogP contribution in [0.5, 0.6) is 5.75 Å². The van der Waals surface area contributed by atoms with Gasteiger partial charge in [0.15, 0.2) is 29.2 Å². The molecule has 2 aromatic heterocycles. The molecule has 3 N–H and O–H groups in total. The molecule has 3 heterocycles. The van der Waals surface area contributed by atoms with Gasteiger partial charge in [0.25, 0.3) is 5.91 Å². The fourth-order valence-corrected chi connectivity index (χ4v) is 3.96. The van der Waals surface area contributed by atoms with Gasteiger partial charge < -0.3 is 29.8 Å². The Morgan fingerprint density at radius 2 is 1.87 bits per heavy atom. The Morgan fingerprint density at radius 1 is 1.24 bits per heavy atom. The number of aliphatic hydroxyl groups is 1. The maximum absolute atomic E-state index is 13.4. The number of carbonyl (C=O) groups is 2. The molecule has 0 bridgehead atoms. The zero-order valence-electron chi connectivity index (χ0n) is 20.9. The standard InChI is InChI=1S/C23H25F4N5O2.C2H4O2/c1-3-16-17(13-4-6-14(24)7-5-13)30-18-20(34-12-23(25,26)27)19(31-21(18)29-16)22(33)28-15-8-10-32(2)11-9-15;3-1-2-4/h4-7,15H,3,8-12H2,1-2H3,(H,28,33)(H,29,31);1,4H,2H2. The second-order valence-corrected chi connectivity index (χ2v) is 8.71. The number of ether oxygens (including phenoxy) is 1. The van der Waals surface area contributed by atoms with Gasteiger partial charge in [-0.15, -0.1) is 0 Å². The SMILES string of the molecule is CCc1nc2[nH]c(C(=O)NC3CCN(C)CC3)c(OCC(F)(F)F)c2nc1-c1ccc(F)cc1.O=CCO. The van der Waals surface area contributed by atoms with E-state index in [1.165, 1.54) is 24.3 Å². The number of nitrogens with zero attached hydrogens (tertiary/aromatic N) is 3. The lowest BCUT2D eigenvalue weighted by Gasteiger charge is -2.29. The fourth-order valence-electron chi connectivity index (χ4n) is 3.96. The predicted molar refractivity (Wildman–Crippen MR) is 131 cm³/mol. The molecule has 3 aromatic rings. The number of H-pyrrole nitrogens is 1. The summed E-state index contributed by atoms with van der Waals surface area (Å²) in [6.07, 6.45) is -2.26. The average molecular weight is 540 g/mol. The maximum Gasteiger partial charge on any atom is 0.422 e. The van der Waals surface area contributed by atoms with Crippen molar-refractivity contribution in [3.8, 4) is 17.0 Å². The number of rotatable bonds is 7. The van der Waals surface area contributed by atoms with Gasteiger partial charge in [0, 0.05) is 11.6 Å². The minimum atomic E-state index is -4.61. The van der Waals surface area contributed by atoms with E-state index in [4.69, 9.17) is 14.6 Å². The summed E-state index contributed by atoms with van der Waals surface area (Å²) in [4.78, 5) is 35.9. The number of hydrogen-bond donors (Lipinski definition) is 3. The van der Waals surface area contributed by atoms with Crippen molar-refractivity contribution in [2.45, 2.75) is 38.4 Å². The first-order chi connectivity index (χ1) is 18.1. The molecule has 1 fully saturated rings. The molecule has 1 aliphatic rings. The molecule has 0 aliphatic carbocycles. The van der Waals surface area contributed by atoms with Crippen molar-refractivity contribution in [1.82, 2.24) is 25.2 Å². The van der Waals surface area contributed by atoms with Gasteiger partial charge in [-0.1, -0.05) is 6.92 Å². The maximum atomic E-state index is 13.4. The quantitative estimate of drug-likeness (QED) is 0.311. The number of hydrogen-bond acceptors (Lipinski definition) is 7. The highest BCUT2D eigenvalue weighted by atomic mass is 19.4. The van der Waals surface area contributed by atoms with Crippen LogP contribution in [0.15, 0.2) is 24.3 Å². The minimum Gasteiger partial charge on any atom is -0.479 e. The Morgan fingerprint density at radius 3 is 2.42 bits per heavy atom. The van der Waals surface area contributed by atoms with E-state index in [2.05, 4.69) is 25.2 Å². The minimum absolute atomic E-state index is 0.00861. The number of piperidine rings is 1. The topological polar surface area (TPSA) is 120 Å². The molecule has 0 saturated carbocycles. The van der Waals surface area contributed by atoms with Crippen LogP contribution in [0, 0.1) is 5.82 Å². The Bertz CT molecular complexity index is 1240. The number of aldehydes is 1. The molecular formula is C25H29F4N5O4. The molecule has 206 valence electrons. The number of aryl methyl sites for hydroxylation is 1. The van der Waals surface area contributed by atoms with Gasteiger partial charge in [-0.3, -0.25) is 4.79 Å². The lowest BCUT2D eigenvalue weighted by molar-refractivity contribution is -0.153. The third kappa shape index (κ3) is 7.48. The molecule has 1 amide bonds. The number of aromatic nitrogens is 3. The molecule has 0 unspecified atom stereocenters. The molecule has 9 nitrogen and oxygen atoms in total. The number of nitrogens with one attached hydrogen (secondary N) is 2. The van der Waals surface area contributed by atoms with Crippen LogP contribution < -0.4 is 10.1 Å². The number of fused-ring (bicyclic) bond motifs is 1. The van der Waals surface area contributed by atoms with Gasteiger partial charge in [-0.2, -0.15) is 13.2 Å². The third-order valence-corrected chi connectivity index (χ3v) is 5.84. The van der Waals surface area contributed by atoms with Gasteiger partial charge in [0.2, 0.25) is 0 Å². The van der Waals surface area contributed by atoms with Crippen molar-refractivity contribution < 1.29 is 37.0 Å². The van der Waals surface area contributed by atoms with E-state index in [9.17, 15) is 22.4 Å². The van der Waals surface area contributed by atoms with Crippen LogP contribution in [0.1, 0.15) is 35.9 Å². The van der Waals surface area contributed by atoms with E-state index in [0.29, 0.717) is 29.7 Å². The van der Waals surface area contributed by atoms with Crippen molar-refractivity contribution in [2.75, 3.05) is 33.4 Å². The molecule has 1 aromatic carbocycles. The number of alkyl halides is 3. The van der Waals surface area contributed by atoms with E-state index in [1.54, 1.807) is 0 Å². The largest absolute Gasteiger partial charge is 0.479 e. The zero-order chi connectivity index (χ0) is 27.9. The van der Waals surface area contributed by atoms with E-state index in [-0.39, 0.29) is 35.3 Å². The zero-order valence-corrected chi connectivity index (χ0v) is 20.9. The Labute approximate surface area is 216 Å². The van der Waals surface area contributed by atoms with Crippen molar-refractivity contribution >= 4 is 23.4 Å². The molecule has 13 heteroatoms. The molecule has 4 rings (SSSR count). The van der Waals surface area contributed by atoms with Crippen LogP contribution in [0.3, 0.4) is 0 Å². The highest BCUT2D eigenvalue weighted by Crippen LogP contribution is 2.33. The summed E-state index contributed by atoms with van der Waals surface area (Å²) in [6.45, 7) is 1.51. The van der Waals surface area contributed by atoms with Crippen molar-refractivity contribution in [1.29, 1.82) is 0 Å². The lowest BCUT2D eigenvalue weighted by Crippen LogP contribution is -2.43. The normalized spacial score (nSPS) is 14.6. The van der Waals surface area contributed by atoms with Crippen LogP contribution in [0.25, 0.3) is 22.4 Å². The fraction of sp³-hybridized carbons (Fsp3) is 0.440. The smallest absolute Gasteiger partial charge is 0.422 e. The monoisotopic (exact) mass is 539 g/mol. The summed E-state index contributed by atoms with van der Waals surface area (Å²) in [5.74, 6) is -1.32. The highest BCUT2D eigenvalue weighted by molar-refractivity contribution is 6.02. The molecule has 38 heavy (non-hydrogen) atoms. The van der Waals surface area contributed by atoms with Gasteiger partial charge in [-0.25, -0.2) is 14.4 Å². The molecular weight excluding hydrogens is 510 g/mol. The Kier molecular flexibility index (Phi) is 9.75. The van der Waals surface area contributed by atoms with Crippen molar-refractivity contribution in [2.24, 2.45) is 0 Å². The number of carbonyl (C=O) groups excluding carboxylic acids is 2. The summed E-state index contributed by atoms with van der Waals surface area (Å²) < 4.78 is 57.4. The highest BCUT2D eigenvalue weighted by Gasteiger charge is 2.32. The number of amides is 1. The van der Waals surface area contributed by atoms with Gasteiger partial charge in [0.05, 0.1) is 18.0 Å². The second-order valence-electron chi connectivity index (χ2n) is 8.71. The first kappa shape index (κ1) is 29.0. The van der Waals surface area contributed by atoms with Gasteiger partial charge in [0.1, 0.15) is 12.1 Å². The van der Waals surface area contributed by atoms with E-state index in [1.807, 2.05) is 14.0 Å². The molecule has 0 radical (unpaired) electrons. The first-order valence-corrected chi connectivity index (χ1v) is 12.0. The summed E-state index contributed by atoms with van der Waals surface area (Å²) in [6, 6.07) is 5.45. The second kappa shape index (κ2) is 12.8. The van der Waals surface area contributed by atoms with E-state index in [0.717, 1.165) is 25.9 Å². The van der Waals surface area contributed by atoms with E-state index < -0.39 is 24.5 Å². The number of aromatic amines is 1. The molecule has 0 atom stereocenters. The number of benzene rings is 1. The van der Waals surface area contributed by atoms with Crippen LogP contribution in [-0.4, -0.2) is 82.7 Å². The first-order valence-electron chi connectivity index (χ1n) is 12.0. The van der Waals surface area contributed by atoms with Crippen LogP contribution >= 0.6 is 0 Å². The number of likely N-dealkylation sites (tertiary alicyclic amines) is 1. The lowest BCUT2D eigenvalue weighted by atomic mass is 10.1. The van der Waals surface area contributed by atoms with Crippen LogP contribution in [0.2, 0.25) is 0 Å². The number of halogens is 4. The van der Waals surface area contributed by atoms with Crippen molar-refractivity contribution in [3.05, 3.63) is 41.5 Å². The predicted octanol–water partition coefficient (Wildman–Crippen LogP) is 3.27. The van der Waals surface area contributed by atoms with Gasteiger partial charge in [-0.05, 0) is 63.7 Å². The third-order valence-electron chi connectivity index (χ3n) is 5.84. The Balaban J connectivity index is 0.000000934. The van der Waals surface area contributed by atoms with E-state index >= 15 is 0 Å². The summed E-state index contributed by atoms with van der Waals surface area (Å²) >= 11 is 0. The summed E-state index contributed by atoms with van der Waals surface area (Å²) in [5, 5.41) is 10.4. The average Bonchev–Trinajstić information content (AvgIpc) is 3.26. The number of aliphatic hydroxyl groups excluding tert-OH is 1. The molecule has 0 spiro atoms. The van der Waals surface area contributed by atoms with Crippen LogP contribution in [-0.2, 0) is 11.2 Å². The molecule has 1 aliphatic heterocycles. The Hall–Kier alpha value is -3.58. The molecule has 1 saturated heterocycles. The van der Waals surface area contributed by atoms with Gasteiger partial charge >= 0.3 is 6.18 Å². The summed E-state index contributed by atoms with van der Waals surface area (Å²) in [5.41, 5.74) is 1.48. The summed E-state index contributed by atoms with van der Waals surface area (Å²) in [7, 11) is 1.99.